The summed E-state index contributed by atoms with van der Waals surface area (Å²) < 4.78 is 5.38. The third-order valence-electron chi connectivity index (χ3n) is 8.48. The first-order valence-corrected chi connectivity index (χ1v) is 19.1. The Labute approximate surface area is 316 Å². The maximum atomic E-state index is 13.6. The molecule has 1 aliphatic rings. The maximum absolute atomic E-state index is 13.6. The number of fused-ring (bicyclic) bond motifs is 1. The molecule has 1 unspecified atom stereocenters. The number of carbonyl (C=O) groups excluding carboxylic acids is 4. The van der Waals surface area contributed by atoms with E-state index in [4.69, 9.17) is 27.9 Å². The van der Waals surface area contributed by atoms with Crippen molar-refractivity contribution in [3.63, 3.8) is 0 Å². The van der Waals surface area contributed by atoms with Crippen LogP contribution >= 0.6 is 46.3 Å². The van der Waals surface area contributed by atoms with E-state index < -0.39 is 17.8 Å². The van der Waals surface area contributed by atoms with Gasteiger partial charge in [0.1, 0.15) is 10.7 Å². The lowest BCUT2D eigenvalue weighted by atomic mass is 9.72. The molecular weight excluding hydrogens is 725 g/mol. The Bertz CT molecular complexity index is 1970. The van der Waals surface area contributed by atoms with Crippen LogP contribution in [0.2, 0.25) is 10.0 Å². The summed E-state index contributed by atoms with van der Waals surface area (Å²) in [7, 11) is 0. The zero-order valence-corrected chi connectivity index (χ0v) is 31.9. The number of anilines is 2. The van der Waals surface area contributed by atoms with Gasteiger partial charge in [-0.1, -0.05) is 74.3 Å². The summed E-state index contributed by atoms with van der Waals surface area (Å²) >= 11 is 15.2. The summed E-state index contributed by atoms with van der Waals surface area (Å²) in [4.78, 5) is 54.7. The van der Waals surface area contributed by atoms with Gasteiger partial charge in [-0.15, -0.1) is 23.1 Å². The average molecular weight is 765 g/mol. The number of rotatable bonds is 11. The fourth-order valence-corrected chi connectivity index (χ4v) is 8.27. The van der Waals surface area contributed by atoms with Crippen LogP contribution in [0.3, 0.4) is 0 Å². The molecule has 0 saturated carbocycles. The van der Waals surface area contributed by atoms with Gasteiger partial charge in [0.2, 0.25) is 5.91 Å². The minimum atomic E-state index is -0.577. The molecule has 1 aromatic heterocycles. The summed E-state index contributed by atoms with van der Waals surface area (Å²) in [5.74, 6) is -1.18. The zero-order valence-electron chi connectivity index (χ0n) is 28.7. The van der Waals surface area contributed by atoms with Gasteiger partial charge >= 0.3 is 5.97 Å². The number of amides is 3. The molecule has 8 nitrogen and oxygen atoms in total. The molecule has 0 saturated heterocycles. The average Bonchev–Trinajstić information content (AvgIpc) is 3.45. The molecule has 1 aliphatic carbocycles. The zero-order chi connectivity index (χ0) is 36.7. The number of halogens is 2. The Balaban J connectivity index is 1.28. The first kappa shape index (κ1) is 38.1. The Hall–Kier alpha value is -4.09. The van der Waals surface area contributed by atoms with E-state index >= 15 is 0 Å². The van der Waals surface area contributed by atoms with Gasteiger partial charge in [-0.25, -0.2) is 4.79 Å². The molecule has 12 heteroatoms. The molecule has 0 bridgehead atoms. The standard InChI is InChI=1S/C39H39Cl2N3O5S2/c1-5-49-38(48)34-29-17-15-25(39(2,3)4)19-32(29)51-37(34)44-33(45)22-50-28-13-9-12-27(21-28)42-36(47)31(18-24-14-16-26(40)20-30(24)41)43-35(46)23-10-7-6-8-11-23/h6-14,16,18,20-21,25H,5,15,17,19,22H2,1-4H3,(H,42,47)(H,43,46)(H,44,45)/b31-18+. The third-order valence-corrected chi connectivity index (χ3v) is 11.2. The summed E-state index contributed by atoms with van der Waals surface area (Å²) in [5.41, 5.74) is 2.88. The van der Waals surface area contributed by atoms with Crippen LogP contribution in [0.5, 0.6) is 0 Å². The number of carbonyl (C=O) groups is 4. The van der Waals surface area contributed by atoms with E-state index in [1.165, 1.54) is 29.2 Å². The second-order valence-corrected chi connectivity index (χ2v) is 16.1. The maximum Gasteiger partial charge on any atom is 0.341 e. The smallest absolute Gasteiger partial charge is 0.341 e. The van der Waals surface area contributed by atoms with Gasteiger partial charge in [0.15, 0.2) is 0 Å². The highest BCUT2D eigenvalue weighted by Gasteiger charge is 2.34. The van der Waals surface area contributed by atoms with Crippen LogP contribution in [0, 0.1) is 11.3 Å². The van der Waals surface area contributed by atoms with Crippen molar-refractivity contribution in [3.05, 3.63) is 116 Å². The molecule has 0 spiro atoms. The van der Waals surface area contributed by atoms with Crippen molar-refractivity contribution in [1.29, 1.82) is 0 Å². The molecule has 266 valence electrons. The Morgan fingerprint density at radius 2 is 1.75 bits per heavy atom. The number of thiophene rings is 1. The SMILES string of the molecule is CCOC(=O)c1c(NC(=O)CSc2cccc(NC(=O)/C(=C\c3ccc(Cl)cc3Cl)NC(=O)c3ccccc3)c2)sc2c1CCC(C(C)(C)C)C2. The molecule has 1 atom stereocenters. The summed E-state index contributed by atoms with van der Waals surface area (Å²) in [6, 6.07) is 20.4. The van der Waals surface area contributed by atoms with Gasteiger partial charge < -0.3 is 20.7 Å². The van der Waals surface area contributed by atoms with E-state index in [9.17, 15) is 19.2 Å². The van der Waals surface area contributed by atoms with E-state index in [1.54, 1.807) is 73.7 Å². The Morgan fingerprint density at radius 1 is 0.980 bits per heavy atom. The van der Waals surface area contributed by atoms with Crippen molar-refractivity contribution in [2.24, 2.45) is 11.3 Å². The van der Waals surface area contributed by atoms with Crippen LogP contribution in [0.1, 0.15) is 70.8 Å². The molecule has 3 N–H and O–H groups in total. The summed E-state index contributed by atoms with van der Waals surface area (Å²) in [5, 5.41) is 9.78. The first-order valence-electron chi connectivity index (χ1n) is 16.5. The van der Waals surface area contributed by atoms with Crippen LogP contribution in [-0.2, 0) is 27.2 Å². The fourth-order valence-electron chi connectivity index (χ4n) is 5.72. The van der Waals surface area contributed by atoms with Gasteiger partial charge in [-0.2, -0.15) is 0 Å². The lowest BCUT2D eigenvalue weighted by Crippen LogP contribution is -2.30. The van der Waals surface area contributed by atoms with Gasteiger partial charge in [0.05, 0.1) is 17.9 Å². The van der Waals surface area contributed by atoms with Crippen LogP contribution < -0.4 is 16.0 Å². The van der Waals surface area contributed by atoms with E-state index in [2.05, 4.69) is 36.7 Å². The van der Waals surface area contributed by atoms with E-state index in [0.29, 0.717) is 43.3 Å². The normalized spacial score (nSPS) is 14.3. The number of hydrogen-bond donors (Lipinski definition) is 3. The number of ether oxygens (including phenoxy) is 1. The molecule has 3 amide bonds. The quantitative estimate of drug-likeness (QED) is 0.0797. The first-order chi connectivity index (χ1) is 24.3. The molecule has 4 aromatic rings. The van der Waals surface area contributed by atoms with Crippen molar-refractivity contribution in [2.45, 2.75) is 51.9 Å². The van der Waals surface area contributed by atoms with E-state index in [1.807, 2.05) is 6.07 Å². The lowest BCUT2D eigenvalue weighted by Gasteiger charge is -2.33. The van der Waals surface area contributed by atoms with Crippen molar-refractivity contribution in [1.82, 2.24) is 5.32 Å². The second-order valence-electron chi connectivity index (χ2n) is 13.1. The van der Waals surface area contributed by atoms with Gasteiger partial charge in [0, 0.05) is 31.1 Å². The molecule has 1 heterocycles. The molecular formula is C39H39Cl2N3O5S2. The van der Waals surface area contributed by atoms with Crippen LogP contribution in [0.15, 0.2) is 83.4 Å². The van der Waals surface area contributed by atoms with Crippen LogP contribution in [0.4, 0.5) is 10.7 Å². The minimum Gasteiger partial charge on any atom is -0.462 e. The predicted octanol–water partition coefficient (Wildman–Crippen LogP) is 9.52. The van der Waals surface area contributed by atoms with Gasteiger partial charge in [-0.05, 0) is 97.2 Å². The predicted molar refractivity (Wildman–Crippen MR) is 208 cm³/mol. The third kappa shape index (κ3) is 10.0. The number of hydrogen-bond acceptors (Lipinski definition) is 7. The Morgan fingerprint density at radius 3 is 2.45 bits per heavy atom. The van der Waals surface area contributed by atoms with Crippen molar-refractivity contribution < 1.29 is 23.9 Å². The highest BCUT2D eigenvalue weighted by molar-refractivity contribution is 8.00. The number of thioether (sulfide) groups is 1. The van der Waals surface area contributed by atoms with Crippen LogP contribution in [0.25, 0.3) is 6.08 Å². The Kier molecular flexibility index (Phi) is 12.7. The number of nitrogens with one attached hydrogen (secondary N) is 3. The van der Waals surface area contributed by atoms with Crippen LogP contribution in [-0.4, -0.2) is 36.1 Å². The molecule has 0 aliphatic heterocycles. The molecule has 0 radical (unpaired) electrons. The number of esters is 1. The minimum absolute atomic E-state index is 0.0321. The second kappa shape index (κ2) is 17.0. The fraction of sp³-hybridized carbons (Fsp3) is 0.282. The molecule has 3 aromatic carbocycles. The van der Waals surface area contributed by atoms with E-state index in [0.717, 1.165) is 34.6 Å². The van der Waals surface area contributed by atoms with Gasteiger partial charge in [0.25, 0.3) is 11.8 Å². The summed E-state index contributed by atoms with van der Waals surface area (Å²) in [6.45, 7) is 8.72. The molecule has 0 fully saturated rings. The van der Waals surface area contributed by atoms with Crippen molar-refractivity contribution in [3.8, 4) is 0 Å². The highest BCUT2D eigenvalue weighted by atomic mass is 35.5. The lowest BCUT2D eigenvalue weighted by molar-refractivity contribution is -0.114. The highest BCUT2D eigenvalue weighted by Crippen LogP contribution is 2.44. The summed E-state index contributed by atoms with van der Waals surface area (Å²) in [6.07, 6.45) is 4.08. The van der Waals surface area contributed by atoms with Crippen molar-refractivity contribution in [2.75, 3.05) is 23.0 Å². The van der Waals surface area contributed by atoms with E-state index in [-0.39, 0.29) is 29.4 Å². The largest absolute Gasteiger partial charge is 0.462 e. The topological polar surface area (TPSA) is 114 Å². The molecule has 5 rings (SSSR count). The number of benzene rings is 3. The van der Waals surface area contributed by atoms with Crippen molar-refractivity contribution >= 4 is 86.8 Å². The monoisotopic (exact) mass is 763 g/mol. The van der Waals surface area contributed by atoms with Gasteiger partial charge in [-0.3, -0.25) is 14.4 Å². The molecule has 51 heavy (non-hydrogen) atoms.